The molecule has 0 aliphatic rings. The second-order valence-electron chi connectivity index (χ2n) is 5.40. The number of nitrogens with zero attached hydrogens (tertiary/aromatic N) is 4. The first-order valence-electron chi connectivity index (χ1n) is 7.79. The molecule has 3 rings (SSSR count). The van der Waals surface area contributed by atoms with Crippen LogP contribution in [0.4, 0.5) is 28.7 Å². The summed E-state index contributed by atoms with van der Waals surface area (Å²) in [6.07, 6.45) is 1.30. The summed E-state index contributed by atoms with van der Waals surface area (Å²) in [6, 6.07) is 16.4. The fourth-order valence-electron chi connectivity index (χ4n) is 2.49. The lowest BCUT2D eigenvalue weighted by molar-refractivity contribution is -0.383. The van der Waals surface area contributed by atoms with E-state index in [1.165, 1.54) is 6.33 Å². The van der Waals surface area contributed by atoms with Gasteiger partial charge in [-0.05, 0) is 24.3 Å². The third-order valence-electron chi connectivity index (χ3n) is 3.78. The van der Waals surface area contributed by atoms with Gasteiger partial charge in [0, 0.05) is 24.5 Å². The molecule has 2 aromatic carbocycles. The standard InChI is InChI=1S/C18H17N5O3/c1-22(14-8-4-3-5-9-14)18-16(23(24)25)17(19-12-20-18)21-13-7-6-10-15(11-13)26-2/h3-12H,1-2H3,(H,19,20,21). The fourth-order valence-corrected chi connectivity index (χ4v) is 2.49. The molecule has 0 spiro atoms. The molecular weight excluding hydrogens is 334 g/mol. The average molecular weight is 351 g/mol. The number of ether oxygens (including phenoxy) is 1. The summed E-state index contributed by atoms with van der Waals surface area (Å²) in [4.78, 5) is 21.1. The van der Waals surface area contributed by atoms with E-state index in [9.17, 15) is 10.1 Å². The number of para-hydroxylation sites is 1. The summed E-state index contributed by atoms with van der Waals surface area (Å²) >= 11 is 0. The molecule has 26 heavy (non-hydrogen) atoms. The van der Waals surface area contributed by atoms with Gasteiger partial charge in [-0.3, -0.25) is 10.1 Å². The van der Waals surface area contributed by atoms with E-state index in [4.69, 9.17) is 4.74 Å². The Morgan fingerprint density at radius 1 is 1.12 bits per heavy atom. The van der Waals surface area contributed by atoms with Crippen LogP contribution in [-0.4, -0.2) is 29.0 Å². The van der Waals surface area contributed by atoms with E-state index in [1.54, 1.807) is 43.3 Å². The number of methoxy groups -OCH3 is 1. The smallest absolute Gasteiger partial charge is 0.354 e. The predicted molar refractivity (Wildman–Crippen MR) is 99.5 cm³/mol. The van der Waals surface area contributed by atoms with E-state index in [1.807, 2.05) is 30.3 Å². The molecule has 0 amide bonds. The van der Waals surface area contributed by atoms with Crippen LogP contribution in [-0.2, 0) is 0 Å². The Hall–Kier alpha value is -3.68. The van der Waals surface area contributed by atoms with Gasteiger partial charge in [-0.15, -0.1) is 0 Å². The van der Waals surface area contributed by atoms with Crippen molar-refractivity contribution in [3.05, 3.63) is 71.0 Å². The Balaban J connectivity index is 2.02. The van der Waals surface area contributed by atoms with Gasteiger partial charge in [-0.1, -0.05) is 24.3 Å². The molecule has 1 heterocycles. The fraction of sp³-hybridized carbons (Fsp3) is 0.111. The van der Waals surface area contributed by atoms with Crippen LogP contribution in [0.5, 0.6) is 5.75 Å². The highest BCUT2D eigenvalue weighted by atomic mass is 16.6. The molecule has 0 atom stereocenters. The summed E-state index contributed by atoms with van der Waals surface area (Å²) in [5.41, 5.74) is 1.20. The molecule has 1 aromatic heterocycles. The number of hydrogen-bond acceptors (Lipinski definition) is 7. The first-order valence-corrected chi connectivity index (χ1v) is 7.79. The van der Waals surface area contributed by atoms with Gasteiger partial charge in [-0.25, -0.2) is 9.97 Å². The Morgan fingerprint density at radius 3 is 2.58 bits per heavy atom. The number of rotatable bonds is 6. The lowest BCUT2D eigenvalue weighted by atomic mass is 10.2. The number of hydrogen-bond donors (Lipinski definition) is 1. The number of nitrogens with one attached hydrogen (secondary N) is 1. The van der Waals surface area contributed by atoms with Crippen molar-refractivity contribution in [2.24, 2.45) is 0 Å². The van der Waals surface area contributed by atoms with Gasteiger partial charge in [-0.2, -0.15) is 0 Å². The van der Waals surface area contributed by atoms with Gasteiger partial charge in [0.15, 0.2) is 0 Å². The molecule has 0 aliphatic carbocycles. The van der Waals surface area contributed by atoms with Crippen molar-refractivity contribution in [1.82, 2.24) is 9.97 Å². The maximum atomic E-state index is 11.7. The zero-order chi connectivity index (χ0) is 18.5. The largest absolute Gasteiger partial charge is 0.497 e. The van der Waals surface area contributed by atoms with Gasteiger partial charge in [0.05, 0.1) is 12.0 Å². The summed E-state index contributed by atoms with van der Waals surface area (Å²) in [5, 5.41) is 14.7. The van der Waals surface area contributed by atoms with Gasteiger partial charge in [0.2, 0.25) is 11.6 Å². The van der Waals surface area contributed by atoms with Crippen LogP contribution in [0.3, 0.4) is 0 Å². The highest BCUT2D eigenvalue weighted by molar-refractivity contribution is 5.78. The molecule has 8 nitrogen and oxygen atoms in total. The first-order chi connectivity index (χ1) is 12.6. The van der Waals surface area contributed by atoms with Crippen molar-refractivity contribution in [3.8, 4) is 5.75 Å². The molecule has 0 bridgehead atoms. The Kier molecular flexibility index (Phi) is 4.93. The van der Waals surface area contributed by atoms with Crippen LogP contribution in [0.1, 0.15) is 0 Å². The highest BCUT2D eigenvalue weighted by Crippen LogP contribution is 2.36. The maximum absolute atomic E-state index is 11.7. The topological polar surface area (TPSA) is 93.4 Å². The van der Waals surface area contributed by atoms with Crippen LogP contribution in [0.15, 0.2) is 60.9 Å². The maximum Gasteiger partial charge on any atom is 0.354 e. The average Bonchev–Trinajstić information content (AvgIpc) is 2.68. The van der Waals surface area contributed by atoms with Crippen molar-refractivity contribution in [2.75, 3.05) is 24.4 Å². The number of anilines is 4. The molecule has 132 valence electrons. The van der Waals surface area contributed by atoms with Crippen LogP contribution >= 0.6 is 0 Å². The summed E-state index contributed by atoms with van der Waals surface area (Å²) in [6.45, 7) is 0. The summed E-state index contributed by atoms with van der Waals surface area (Å²) in [7, 11) is 3.28. The van der Waals surface area contributed by atoms with Crippen molar-refractivity contribution in [3.63, 3.8) is 0 Å². The molecule has 0 radical (unpaired) electrons. The highest BCUT2D eigenvalue weighted by Gasteiger charge is 2.26. The molecule has 1 N–H and O–H groups in total. The van der Waals surface area contributed by atoms with Gasteiger partial charge in [0.25, 0.3) is 0 Å². The lowest BCUT2D eigenvalue weighted by Gasteiger charge is -2.18. The zero-order valence-electron chi connectivity index (χ0n) is 14.3. The first kappa shape index (κ1) is 17.2. The second-order valence-corrected chi connectivity index (χ2v) is 5.40. The van der Waals surface area contributed by atoms with E-state index in [0.29, 0.717) is 11.4 Å². The summed E-state index contributed by atoms with van der Waals surface area (Å²) in [5.74, 6) is 0.936. The monoisotopic (exact) mass is 351 g/mol. The van der Waals surface area contributed by atoms with E-state index in [0.717, 1.165) is 5.69 Å². The molecule has 8 heteroatoms. The molecular formula is C18H17N5O3. The molecule has 0 saturated heterocycles. The van der Waals surface area contributed by atoms with E-state index >= 15 is 0 Å². The van der Waals surface area contributed by atoms with Crippen molar-refractivity contribution in [2.45, 2.75) is 0 Å². The normalized spacial score (nSPS) is 10.2. The number of benzene rings is 2. The quantitative estimate of drug-likeness (QED) is 0.531. The van der Waals surface area contributed by atoms with Crippen LogP contribution in [0, 0.1) is 10.1 Å². The molecule has 0 fully saturated rings. The van der Waals surface area contributed by atoms with Crippen molar-refractivity contribution >= 4 is 28.7 Å². The summed E-state index contributed by atoms with van der Waals surface area (Å²) < 4.78 is 5.18. The SMILES string of the molecule is COc1cccc(Nc2ncnc(N(C)c3ccccc3)c2[N+](=O)[O-])c1. The number of aromatic nitrogens is 2. The Labute approximate surface area is 150 Å². The van der Waals surface area contributed by atoms with Crippen LogP contribution in [0.2, 0.25) is 0 Å². The van der Waals surface area contributed by atoms with E-state index in [-0.39, 0.29) is 17.3 Å². The Morgan fingerprint density at radius 2 is 1.88 bits per heavy atom. The van der Waals surface area contributed by atoms with Gasteiger partial charge >= 0.3 is 5.69 Å². The third-order valence-corrected chi connectivity index (χ3v) is 3.78. The van der Waals surface area contributed by atoms with Gasteiger partial charge < -0.3 is 15.0 Å². The lowest BCUT2D eigenvalue weighted by Crippen LogP contribution is -2.15. The van der Waals surface area contributed by atoms with E-state index < -0.39 is 4.92 Å². The van der Waals surface area contributed by atoms with Crippen LogP contribution in [0.25, 0.3) is 0 Å². The molecule has 3 aromatic rings. The van der Waals surface area contributed by atoms with Gasteiger partial charge in [0.1, 0.15) is 12.1 Å². The molecule has 0 saturated carbocycles. The number of nitro groups is 1. The molecule has 0 aliphatic heterocycles. The zero-order valence-corrected chi connectivity index (χ0v) is 14.3. The predicted octanol–water partition coefficient (Wildman–Crippen LogP) is 3.90. The van der Waals surface area contributed by atoms with Crippen molar-refractivity contribution < 1.29 is 9.66 Å². The minimum atomic E-state index is -0.489. The third kappa shape index (κ3) is 3.54. The second kappa shape index (κ2) is 7.47. The van der Waals surface area contributed by atoms with E-state index in [2.05, 4.69) is 15.3 Å². The van der Waals surface area contributed by atoms with Crippen molar-refractivity contribution in [1.29, 1.82) is 0 Å². The molecule has 0 unspecified atom stereocenters. The minimum absolute atomic E-state index is 0.107. The Bertz CT molecular complexity index is 918. The minimum Gasteiger partial charge on any atom is -0.497 e. The van der Waals surface area contributed by atoms with Crippen LogP contribution < -0.4 is 15.0 Å².